The van der Waals surface area contributed by atoms with Crippen molar-refractivity contribution in [3.8, 4) is 11.9 Å². The number of nitrogens with zero attached hydrogens (tertiary/aromatic N) is 6. The van der Waals surface area contributed by atoms with E-state index in [0.29, 0.717) is 37.2 Å². The molecule has 6 rings (SSSR count). The van der Waals surface area contributed by atoms with Crippen LogP contribution in [-0.4, -0.2) is 68.9 Å². The van der Waals surface area contributed by atoms with Crippen molar-refractivity contribution in [3.05, 3.63) is 83.2 Å². The molecule has 0 spiro atoms. The number of ether oxygens (including phenoxy) is 2. The van der Waals surface area contributed by atoms with E-state index in [1.165, 1.54) is 0 Å². The number of pyridine rings is 1. The van der Waals surface area contributed by atoms with Crippen molar-refractivity contribution in [2.75, 3.05) is 25.1 Å². The number of fused-ring (bicyclic) bond motifs is 1. The maximum atomic E-state index is 11.7. The average molecular weight is 581 g/mol. The van der Waals surface area contributed by atoms with Crippen LogP contribution >= 0.6 is 0 Å². The molecule has 10 nitrogen and oxygen atoms in total. The zero-order chi connectivity index (χ0) is 29.9. The number of carboxylic acids is 1. The number of likely N-dealkylation sites (N-methyl/N-ethyl adjacent to an activating group) is 1. The number of aromatic carboxylic acids is 1. The van der Waals surface area contributed by atoms with Gasteiger partial charge in [-0.3, -0.25) is 4.90 Å². The van der Waals surface area contributed by atoms with Crippen LogP contribution in [0.4, 0.5) is 5.82 Å². The van der Waals surface area contributed by atoms with E-state index in [1.54, 1.807) is 30.3 Å². The lowest BCUT2D eigenvalue weighted by Crippen LogP contribution is -2.42. The fourth-order valence-electron chi connectivity index (χ4n) is 6.05. The number of hydrogen-bond donors (Lipinski definition) is 1. The predicted octanol–water partition coefficient (Wildman–Crippen LogP) is 4.86. The number of anilines is 1. The zero-order valence-electron chi connectivity index (χ0n) is 24.5. The summed E-state index contributed by atoms with van der Waals surface area (Å²) < 4.78 is 13.9. The molecule has 222 valence electrons. The van der Waals surface area contributed by atoms with Gasteiger partial charge >= 0.3 is 5.97 Å². The van der Waals surface area contributed by atoms with Gasteiger partial charge in [0.25, 0.3) is 0 Å². The van der Waals surface area contributed by atoms with Gasteiger partial charge in [0.05, 0.1) is 47.4 Å². The molecule has 0 saturated carbocycles. The van der Waals surface area contributed by atoms with E-state index >= 15 is 0 Å². The monoisotopic (exact) mass is 580 g/mol. The second-order valence-corrected chi connectivity index (χ2v) is 11.5. The van der Waals surface area contributed by atoms with Crippen LogP contribution in [0.25, 0.3) is 11.0 Å². The van der Waals surface area contributed by atoms with Gasteiger partial charge in [0.15, 0.2) is 0 Å². The highest BCUT2D eigenvalue weighted by Crippen LogP contribution is 2.31. The van der Waals surface area contributed by atoms with E-state index in [1.807, 2.05) is 30.3 Å². The van der Waals surface area contributed by atoms with E-state index in [0.717, 1.165) is 60.7 Å². The van der Waals surface area contributed by atoms with Gasteiger partial charge in [-0.15, -0.1) is 0 Å². The van der Waals surface area contributed by atoms with Crippen molar-refractivity contribution in [1.29, 1.82) is 5.26 Å². The molecule has 0 radical (unpaired) electrons. The van der Waals surface area contributed by atoms with Gasteiger partial charge < -0.3 is 24.0 Å². The second kappa shape index (κ2) is 12.4. The van der Waals surface area contributed by atoms with Crippen molar-refractivity contribution >= 4 is 22.8 Å². The first-order chi connectivity index (χ1) is 20.9. The number of carbonyl (C=O) groups is 1. The molecule has 10 heteroatoms. The lowest BCUT2D eigenvalue weighted by atomic mass is 10.1. The van der Waals surface area contributed by atoms with Crippen LogP contribution in [0.3, 0.4) is 0 Å². The molecule has 1 N–H and O–H groups in total. The van der Waals surface area contributed by atoms with Gasteiger partial charge in [0.1, 0.15) is 18.2 Å². The molecule has 4 aromatic rings. The predicted molar refractivity (Wildman–Crippen MR) is 162 cm³/mol. The third-order valence-electron chi connectivity index (χ3n) is 8.42. The highest BCUT2D eigenvalue weighted by molar-refractivity contribution is 5.92. The van der Waals surface area contributed by atoms with Crippen LogP contribution in [0.5, 0.6) is 5.88 Å². The van der Waals surface area contributed by atoms with Gasteiger partial charge in [0.2, 0.25) is 5.88 Å². The van der Waals surface area contributed by atoms with Crippen LogP contribution in [0.1, 0.15) is 53.5 Å². The van der Waals surface area contributed by atoms with E-state index in [4.69, 9.17) is 24.7 Å². The molecule has 2 aliphatic heterocycles. The van der Waals surface area contributed by atoms with Gasteiger partial charge in [0, 0.05) is 31.3 Å². The zero-order valence-corrected chi connectivity index (χ0v) is 24.5. The molecule has 2 aromatic carbocycles. The summed E-state index contributed by atoms with van der Waals surface area (Å²) in [5.74, 6) is 1.43. The lowest BCUT2D eigenvalue weighted by molar-refractivity contribution is -0.0591. The topological polar surface area (TPSA) is 117 Å². The summed E-state index contributed by atoms with van der Waals surface area (Å²) in [6.07, 6.45) is 3.24. The van der Waals surface area contributed by atoms with Crippen molar-refractivity contribution in [3.63, 3.8) is 0 Å². The molecule has 3 unspecified atom stereocenters. The first kappa shape index (κ1) is 28.6. The van der Waals surface area contributed by atoms with E-state index in [9.17, 15) is 9.90 Å². The number of hydrogen-bond acceptors (Lipinski definition) is 8. The maximum Gasteiger partial charge on any atom is 0.335 e. The van der Waals surface area contributed by atoms with Gasteiger partial charge in [-0.25, -0.2) is 9.78 Å². The van der Waals surface area contributed by atoms with Gasteiger partial charge in [-0.1, -0.05) is 18.2 Å². The maximum absolute atomic E-state index is 11.7. The molecule has 2 aliphatic rings. The molecule has 3 atom stereocenters. The van der Waals surface area contributed by atoms with Gasteiger partial charge in [-0.2, -0.15) is 10.2 Å². The van der Waals surface area contributed by atoms with Crippen molar-refractivity contribution in [2.45, 2.75) is 64.1 Å². The Labute approximate surface area is 251 Å². The number of imidazole rings is 1. The van der Waals surface area contributed by atoms with Crippen molar-refractivity contribution in [2.24, 2.45) is 0 Å². The van der Waals surface area contributed by atoms with E-state index in [-0.39, 0.29) is 17.7 Å². The van der Waals surface area contributed by atoms with Crippen LogP contribution in [0.2, 0.25) is 0 Å². The summed E-state index contributed by atoms with van der Waals surface area (Å²) in [4.78, 5) is 26.1. The first-order valence-corrected chi connectivity index (χ1v) is 14.8. The summed E-state index contributed by atoms with van der Waals surface area (Å²) in [5.41, 5.74) is 3.49. The minimum absolute atomic E-state index is 0.124. The molecule has 43 heavy (non-hydrogen) atoms. The smallest absolute Gasteiger partial charge is 0.335 e. The van der Waals surface area contributed by atoms with Crippen LogP contribution in [0.15, 0.2) is 60.7 Å². The molecule has 0 aliphatic carbocycles. The lowest BCUT2D eigenvalue weighted by Gasteiger charge is -2.33. The standard InChI is InChI=1S/C33H36N6O4/c1-22-6-12-26(39(22)30-4-3-5-32(36-30)43-21-24-9-7-23(17-34)8-10-24)18-37(2)20-31-35-28-13-11-25(33(40)41)16-29(28)38(31)19-27-14-15-42-27/h3-5,7-11,13,16,22,26-27H,6,12,14-15,18-21H2,1-2H3,(H,40,41). The van der Waals surface area contributed by atoms with Crippen LogP contribution in [-0.2, 0) is 24.4 Å². The fourth-order valence-corrected chi connectivity index (χ4v) is 6.05. The Morgan fingerprint density at radius 3 is 2.67 bits per heavy atom. The molecule has 2 saturated heterocycles. The second-order valence-electron chi connectivity index (χ2n) is 11.5. The quantitative estimate of drug-likeness (QED) is 0.265. The number of aromatic nitrogens is 3. The Hall–Kier alpha value is -4.46. The molecule has 2 fully saturated rings. The molecular weight excluding hydrogens is 544 g/mol. The molecular formula is C33H36N6O4. The fraction of sp³-hybridized carbons (Fsp3) is 0.394. The SMILES string of the molecule is CC1CCC(CN(C)Cc2nc3ccc(C(=O)O)cc3n2CC2CCO2)N1c1cccc(OCc2ccc(C#N)cc2)n1. The van der Waals surface area contributed by atoms with Gasteiger partial charge in [-0.05, 0) is 75.2 Å². The molecule has 2 aromatic heterocycles. The number of benzene rings is 2. The highest BCUT2D eigenvalue weighted by atomic mass is 16.5. The Morgan fingerprint density at radius 1 is 1.14 bits per heavy atom. The summed E-state index contributed by atoms with van der Waals surface area (Å²) in [6, 6.07) is 21.2. The number of nitriles is 1. The van der Waals surface area contributed by atoms with Crippen molar-refractivity contribution in [1.82, 2.24) is 19.4 Å². The Kier molecular flexibility index (Phi) is 8.27. The molecule has 4 heterocycles. The molecule has 0 bridgehead atoms. The summed E-state index contributed by atoms with van der Waals surface area (Å²) in [5, 5.41) is 18.6. The van der Waals surface area contributed by atoms with E-state index < -0.39 is 5.97 Å². The third kappa shape index (κ3) is 6.33. The number of carboxylic acid groups (broad SMARTS) is 1. The van der Waals surface area contributed by atoms with E-state index in [2.05, 4.69) is 34.4 Å². The third-order valence-corrected chi connectivity index (χ3v) is 8.42. The van der Waals surface area contributed by atoms with Crippen molar-refractivity contribution < 1.29 is 19.4 Å². The average Bonchev–Trinajstić information content (AvgIpc) is 3.52. The highest BCUT2D eigenvalue weighted by Gasteiger charge is 2.33. The summed E-state index contributed by atoms with van der Waals surface area (Å²) >= 11 is 0. The Bertz CT molecular complexity index is 1640. The minimum Gasteiger partial charge on any atom is -0.478 e. The Balaban J connectivity index is 1.16. The largest absolute Gasteiger partial charge is 0.478 e. The number of rotatable bonds is 11. The van der Waals surface area contributed by atoms with Crippen LogP contribution < -0.4 is 9.64 Å². The van der Waals surface area contributed by atoms with Crippen LogP contribution in [0, 0.1) is 11.3 Å². The minimum atomic E-state index is -0.944. The summed E-state index contributed by atoms with van der Waals surface area (Å²) in [6.45, 7) is 5.50. The molecule has 0 amide bonds. The first-order valence-electron chi connectivity index (χ1n) is 14.8. The Morgan fingerprint density at radius 2 is 1.95 bits per heavy atom. The normalized spacial score (nSPS) is 19.9. The summed E-state index contributed by atoms with van der Waals surface area (Å²) in [7, 11) is 2.11.